The van der Waals surface area contributed by atoms with E-state index in [4.69, 9.17) is 0 Å². The van der Waals surface area contributed by atoms with Crippen molar-refractivity contribution in [1.82, 2.24) is 15.0 Å². The van der Waals surface area contributed by atoms with Gasteiger partial charge in [0.05, 0.1) is 5.56 Å². The molecule has 90 valence electrons. The van der Waals surface area contributed by atoms with E-state index in [2.05, 4.69) is 25.1 Å². The number of aromatic nitrogens is 3. The lowest BCUT2D eigenvalue weighted by Crippen LogP contribution is -2.02. The Kier molecular flexibility index (Phi) is 3.92. The monoisotopic (exact) mass is 262 g/mol. The standard InChI is InChI=1S/C10H6N4O3S/c15-10(17-14-16)7-1-3-11-5-8(7)18-9-2-4-12-6-13-9/h1-6H. The van der Waals surface area contributed by atoms with E-state index in [1.165, 1.54) is 36.5 Å². The average molecular weight is 262 g/mol. The van der Waals surface area contributed by atoms with Crippen molar-refractivity contribution in [3.05, 3.63) is 47.5 Å². The second-order valence-electron chi connectivity index (χ2n) is 2.97. The summed E-state index contributed by atoms with van der Waals surface area (Å²) in [5.41, 5.74) is 0.202. The van der Waals surface area contributed by atoms with Crippen LogP contribution in [0.25, 0.3) is 0 Å². The summed E-state index contributed by atoms with van der Waals surface area (Å²) < 4.78 is 0. The number of nitrogens with zero attached hydrogens (tertiary/aromatic N) is 4. The Labute approximate surface area is 106 Å². The fourth-order valence-electron chi connectivity index (χ4n) is 1.16. The van der Waals surface area contributed by atoms with Gasteiger partial charge in [-0.25, -0.2) is 14.8 Å². The van der Waals surface area contributed by atoms with Gasteiger partial charge in [-0.3, -0.25) is 9.82 Å². The predicted octanol–water partition coefficient (Wildman–Crippen LogP) is 1.86. The van der Waals surface area contributed by atoms with Crippen molar-refractivity contribution in [2.45, 2.75) is 9.92 Å². The van der Waals surface area contributed by atoms with Crippen molar-refractivity contribution in [3.63, 3.8) is 0 Å². The smallest absolute Gasteiger partial charge is 0.279 e. The average Bonchev–Trinajstić information content (AvgIpc) is 2.41. The largest absolute Gasteiger partial charge is 0.370 e. The highest BCUT2D eigenvalue weighted by Crippen LogP contribution is 2.28. The third kappa shape index (κ3) is 2.86. The highest BCUT2D eigenvalue weighted by atomic mass is 32.2. The van der Waals surface area contributed by atoms with Gasteiger partial charge in [0.1, 0.15) is 11.4 Å². The molecule has 2 aromatic rings. The first kappa shape index (κ1) is 12.1. The number of hydrogen-bond acceptors (Lipinski definition) is 8. The maximum absolute atomic E-state index is 11.5. The molecule has 2 rings (SSSR count). The SMILES string of the molecule is O=NOC(=O)c1ccncc1Sc1ccncn1. The number of carbonyl (C=O) groups is 1. The van der Waals surface area contributed by atoms with Gasteiger partial charge in [0.15, 0.2) is 5.34 Å². The normalized spacial score (nSPS) is 9.78. The van der Waals surface area contributed by atoms with Crippen LogP contribution in [-0.2, 0) is 4.84 Å². The van der Waals surface area contributed by atoms with E-state index in [0.717, 1.165) is 0 Å². The van der Waals surface area contributed by atoms with Crippen LogP contribution < -0.4 is 0 Å². The third-order valence-corrected chi connectivity index (χ3v) is 2.89. The summed E-state index contributed by atoms with van der Waals surface area (Å²) in [6, 6.07) is 3.13. The highest BCUT2D eigenvalue weighted by molar-refractivity contribution is 7.99. The molecule has 0 unspecified atom stereocenters. The van der Waals surface area contributed by atoms with Crippen molar-refractivity contribution in [2.24, 2.45) is 5.34 Å². The summed E-state index contributed by atoms with van der Waals surface area (Å²) in [5.74, 6) is -0.830. The molecular weight excluding hydrogens is 256 g/mol. The quantitative estimate of drug-likeness (QED) is 0.471. The highest BCUT2D eigenvalue weighted by Gasteiger charge is 2.15. The van der Waals surface area contributed by atoms with Crippen molar-refractivity contribution in [3.8, 4) is 0 Å². The molecule has 0 fully saturated rings. The Bertz CT molecular complexity index is 564. The molecule has 18 heavy (non-hydrogen) atoms. The van der Waals surface area contributed by atoms with Crippen LogP contribution in [0.5, 0.6) is 0 Å². The molecule has 2 heterocycles. The van der Waals surface area contributed by atoms with Gasteiger partial charge in [0.25, 0.3) is 0 Å². The Morgan fingerprint density at radius 2 is 2.11 bits per heavy atom. The number of hydrogen-bond donors (Lipinski definition) is 0. The van der Waals surface area contributed by atoms with Crippen molar-refractivity contribution in [1.29, 1.82) is 0 Å². The Balaban J connectivity index is 2.28. The predicted molar refractivity (Wildman–Crippen MR) is 61.6 cm³/mol. The molecule has 0 aliphatic rings. The van der Waals surface area contributed by atoms with Crippen molar-refractivity contribution in [2.75, 3.05) is 0 Å². The number of carbonyl (C=O) groups excluding carboxylic acids is 1. The van der Waals surface area contributed by atoms with E-state index in [0.29, 0.717) is 9.92 Å². The first-order valence-electron chi connectivity index (χ1n) is 4.73. The first-order valence-corrected chi connectivity index (χ1v) is 5.55. The first-order chi connectivity index (χ1) is 8.81. The summed E-state index contributed by atoms with van der Waals surface area (Å²) in [7, 11) is 0. The van der Waals surface area contributed by atoms with Gasteiger partial charge in [-0.1, -0.05) is 11.8 Å². The van der Waals surface area contributed by atoms with Gasteiger partial charge >= 0.3 is 5.97 Å². The number of pyridine rings is 1. The van der Waals surface area contributed by atoms with Gasteiger partial charge in [0.2, 0.25) is 0 Å². The van der Waals surface area contributed by atoms with Crippen molar-refractivity contribution < 1.29 is 9.63 Å². The minimum absolute atomic E-state index is 0.202. The van der Waals surface area contributed by atoms with Crippen LogP contribution in [0, 0.1) is 4.91 Å². The second kappa shape index (κ2) is 5.82. The van der Waals surface area contributed by atoms with Crippen LogP contribution in [0.2, 0.25) is 0 Å². The lowest BCUT2D eigenvalue weighted by Gasteiger charge is -2.04. The fourth-order valence-corrected chi connectivity index (χ4v) is 1.99. The van der Waals surface area contributed by atoms with Gasteiger partial charge in [-0.2, -0.15) is 0 Å². The maximum atomic E-state index is 11.5. The van der Waals surface area contributed by atoms with E-state index in [1.807, 2.05) is 0 Å². The van der Waals surface area contributed by atoms with E-state index in [1.54, 1.807) is 12.3 Å². The van der Waals surface area contributed by atoms with E-state index in [-0.39, 0.29) is 5.56 Å². The van der Waals surface area contributed by atoms with Crippen LogP contribution in [0.1, 0.15) is 10.4 Å². The molecule has 0 spiro atoms. The molecule has 0 saturated heterocycles. The zero-order valence-electron chi connectivity index (χ0n) is 8.89. The van der Waals surface area contributed by atoms with Gasteiger partial charge < -0.3 is 0 Å². The molecule has 0 aliphatic carbocycles. The van der Waals surface area contributed by atoms with Crippen LogP contribution in [0.3, 0.4) is 0 Å². The molecule has 0 aliphatic heterocycles. The Morgan fingerprint density at radius 1 is 1.28 bits per heavy atom. The third-order valence-electron chi connectivity index (χ3n) is 1.89. The lowest BCUT2D eigenvalue weighted by molar-refractivity contribution is 0.0504. The molecule has 0 radical (unpaired) electrons. The summed E-state index contributed by atoms with van der Waals surface area (Å²) in [6.45, 7) is 0. The molecule has 0 bridgehead atoms. The van der Waals surface area contributed by atoms with Crippen LogP contribution in [0.15, 0.2) is 52.3 Å². The Morgan fingerprint density at radius 3 is 2.83 bits per heavy atom. The molecule has 0 aromatic carbocycles. The summed E-state index contributed by atoms with van der Waals surface area (Å²) in [4.78, 5) is 37.7. The molecule has 0 saturated carbocycles. The molecule has 0 N–H and O–H groups in total. The molecular formula is C10H6N4O3S. The van der Waals surface area contributed by atoms with Crippen LogP contribution in [-0.4, -0.2) is 20.9 Å². The van der Waals surface area contributed by atoms with Crippen LogP contribution >= 0.6 is 11.8 Å². The molecule has 8 heteroatoms. The minimum atomic E-state index is -0.830. The van der Waals surface area contributed by atoms with E-state index < -0.39 is 5.97 Å². The van der Waals surface area contributed by atoms with Gasteiger partial charge in [-0.05, 0) is 12.1 Å². The van der Waals surface area contributed by atoms with Crippen molar-refractivity contribution >= 4 is 17.7 Å². The second-order valence-corrected chi connectivity index (χ2v) is 4.04. The zero-order chi connectivity index (χ0) is 12.8. The molecule has 0 atom stereocenters. The van der Waals surface area contributed by atoms with E-state index in [9.17, 15) is 9.70 Å². The minimum Gasteiger partial charge on any atom is -0.279 e. The fraction of sp³-hybridized carbons (Fsp3) is 0. The van der Waals surface area contributed by atoms with Gasteiger partial charge in [-0.15, -0.1) is 4.91 Å². The van der Waals surface area contributed by atoms with E-state index >= 15 is 0 Å². The lowest BCUT2D eigenvalue weighted by atomic mass is 10.3. The molecule has 0 amide bonds. The Hall–Kier alpha value is -2.35. The summed E-state index contributed by atoms with van der Waals surface area (Å²) in [6.07, 6.45) is 5.87. The van der Waals surface area contributed by atoms with Gasteiger partial charge in [0, 0.05) is 23.5 Å². The topological polar surface area (TPSA) is 94.4 Å². The van der Waals surface area contributed by atoms with Crippen LogP contribution in [0.4, 0.5) is 0 Å². The molecule has 2 aromatic heterocycles. The number of rotatable bonds is 4. The zero-order valence-corrected chi connectivity index (χ0v) is 9.70. The molecule has 7 nitrogen and oxygen atoms in total. The summed E-state index contributed by atoms with van der Waals surface area (Å²) >= 11 is 1.21. The summed E-state index contributed by atoms with van der Waals surface area (Å²) in [5, 5.41) is 2.75. The maximum Gasteiger partial charge on any atom is 0.370 e.